The van der Waals surface area contributed by atoms with Gasteiger partial charge in [0.2, 0.25) is 5.91 Å². The number of nitrogens with one attached hydrogen (secondary N) is 1. The van der Waals surface area contributed by atoms with Gasteiger partial charge in [0.15, 0.2) is 6.10 Å². The molecule has 1 heterocycles. The van der Waals surface area contributed by atoms with Crippen molar-refractivity contribution in [3.05, 3.63) is 54.1 Å². The monoisotopic (exact) mass is 352 g/mol. The second kappa shape index (κ2) is 8.04. The number of amides is 2. The minimum atomic E-state index is -0.558. The van der Waals surface area contributed by atoms with Crippen molar-refractivity contribution in [3.8, 4) is 5.75 Å². The average molecular weight is 352 g/mol. The summed E-state index contributed by atoms with van der Waals surface area (Å²) < 4.78 is 5.81. The van der Waals surface area contributed by atoms with Gasteiger partial charge in [0.05, 0.1) is 0 Å². The quantitative estimate of drug-likeness (QED) is 0.857. The topological polar surface area (TPSA) is 58.6 Å². The van der Waals surface area contributed by atoms with Gasteiger partial charge in [0.1, 0.15) is 5.75 Å². The van der Waals surface area contributed by atoms with Gasteiger partial charge >= 0.3 is 0 Å². The lowest BCUT2D eigenvalue weighted by Crippen LogP contribution is -2.32. The molecule has 1 aliphatic rings. The van der Waals surface area contributed by atoms with Crippen LogP contribution in [0.5, 0.6) is 5.75 Å². The van der Waals surface area contributed by atoms with Crippen molar-refractivity contribution >= 4 is 23.2 Å². The summed E-state index contributed by atoms with van der Waals surface area (Å²) in [5.41, 5.74) is 2.70. The van der Waals surface area contributed by atoms with Crippen molar-refractivity contribution in [1.82, 2.24) is 0 Å². The van der Waals surface area contributed by atoms with E-state index in [0.29, 0.717) is 24.3 Å². The molecule has 1 aliphatic heterocycles. The molecule has 3 rings (SSSR count). The van der Waals surface area contributed by atoms with Crippen molar-refractivity contribution in [3.63, 3.8) is 0 Å². The van der Waals surface area contributed by atoms with Crippen LogP contribution in [0, 0.1) is 6.92 Å². The van der Waals surface area contributed by atoms with E-state index in [2.05, 4.69) is 5.32 Å². The zero-order valence-corrected chi connectivity index (χ0v) is 15.2. The lowest BCUT2D eigenvalue weighted by Gasteiger charge is -2.18. The Morgan fingerprint density at radius 1 is 1.15 bits per heavy atom. The standard InChI is InChI=1S/C21H24N2O3/c1-3-19(26-18-12-6-15(2)7-13-18)21(25)22-16-8-10-17(11-9-16)23-14-4-5-20(23)24/h6-13,19H,3-5,14H2,1-2H3,(H,22,25)/t19-/m1/s1. The van der Waals surface area contributed by atoms with E-state index >= 15 is 0 Å². The Kier molecular flexibility index (Phi) is 5.56. The highest BCUT2D eigenvalue weighted by atomic mass is 16.5. The highest BCUT2D eigenvalue weighted by molar-refractivity contribution is 5.97. The van der Waals surface area contributed by atoms with Crippen LogP contribution in [0.25, 0.3) is 0 Å². The van der Waals surface area contributed by atoms with Crippen LogP contribution in [-0.4, -0.2) is 24.5 Å². The van der Waals surface area contributed by atoms with Gasteiger partial charge in [0, 0.05) is 24.3 Å². The average Bonchev–Trinajstić information content (AvgIpc) is 3.07. The molecule has 5 nitrogen and oxygen atoms in total. The fourth-order valence-electron chi connectivity index (χ4n) is 2.97. The largest absolute Gasteiger partial charge is 0.481 e. The number of aryl methyl sites for hydroxylation is 1. The third-order valence-electron chi connectivity index (χ3n) is 4.48. The molecule has 26 heavy (non-hydrogen) atoms. The zero-order valence-electron chi connectivity index (χ0n) is 15.2. The van der Waals surface area contributed by atoms with E-state index in [9.17, 15) is 9.59 Å². The van der Waals surface area contributed by atoms with Crippen LogP contribution in [0.2, 0.25) is 0 Å². The SMILES string of the molecule is CC[C@@H](Oc1ccc(C)cc1)C(=O)Nc1ccc(N2CCCC2=O)cc1. The number of benzene rings is 2. The lowest BCUT2D eigenvalue weighted by atomic mass is 10.2. The summed E-state index contributed by atoms with van der Waals surface area (Å²) >= 11 is 0. The zero-order chi connectivity index (χ0) is 18.5. The Balaban J connectivity index is 1.62. The van der Waals surface area contributed by atoms with Gasteiger partial charge in [-0.2, -0.15) is 0 Å². The number of rotatable bonds is 6. The van der Waals surface area contributed by atoms with E-state index in [4.69, 9.17) is 4.74 Å². The number of hydrogen-bond donors (Lipinski definition) is 1. The normalized spacial score (nSPS) is 15.0. The van der Waals surface area contributed by atoms with Crippen LogP contribution < -0.4 is 15.0 Å². The van der Waals surface area contributed by atoms with Gasteiger partial charge in [-0.3, -0.25) is 9.59 Å². The maximum Gasteiger partial charge on any atom is 0.265 e. The molecule has 0 aliphatic carbocycles. The molecule has 2 aromatic rings. The van der Waals surface area contributed by atoms with Crippen molar-refractivity contribution in [2.75, 3.05) is 16.8 Å². The number of anilines is 2. The van der Waals surface area contributed by atoms with E-state index in [1.54, 1.807) is 4.90 Å². The molecule has 0 spiro atoms. The third-order valence-corrected chi connectivity index (χ3v) is 4.48. The van der Waals surface area contributed by atoms with Gasteiger partial charge in [-0.05, 0) is 56.2 Å². The Bertz CT molecular complexity index is 769. The molecular weight excluding hydrogens is 328 g/mol. The lowest BCUT2D eigenvalue weighted by molar-refractivity contribution is -0.122. The number of hydrogen-bond acceptors (Lipinski definition) is 3. The van der Waals surface area contributed by atoms with Crippen molar-refractivity contribution in [2.45, 2.75) is 39.2 Å². The molecule has 5 heteroatoms. The summed E-state index contributed by atoms with van der Waals surface area (Å²) in [7, 11) is 0. The van der Waals surface area contributed by atoms with Crippen molar-refractivity contribution in [1.29, 1.82) is 0 Å². The van der Waals surface area contributed by atoms with Gasteiger partial charge in [-0.15, -0.1) is 0 Å². The first-order valence-corrected chi connectivity index (χ1v) is 9.01. The summed E-state index contributed by atoms with van der Waals surface area (Å²) in [6.07, 6.45) is 1.51. The minimum Gasteiger partial charge on any atom is -0.481 e. The van der Waals surface area contributed by atoms with Crippen molar-refractivity contribution < 1.29 is 14.3 Å². The number of ether oxygens (including phenoxy) is 1. The van der Waals surface area contributed by atoms with E-state index in [1.807, 2.05) is 62.4 Å². The Hall–Kier alpha value is -2.82. The highest BCUT2D eigenvalue weighted by Crippen LogP contribution is 2.23. The predicted molar refractivity (Wildman–Crippen MR) is 103 cm³/mol. The minimum absolute atomic E-state index is 0.152. The molecule has 2 amide bonds. The van der Waals surface area contributed by atoms with Crippen LogP contribution in [-0.2, 0) is 9.59 Å². The molecule has 0 bridgehead atoms. The first kappa shape index (κ1) is 18.0. The fourth-order valence-corrected chi connectivity index (χ4v) is 2.97. The van der Waals surface area contributed by atoms with E-state index in [0.717, 1.165) is 24.2 Å². The van der Waals surface area contributed by atoms with Crippen LogP contribution in [0.15, 0.2) is 48.5 Å². The van der Waals surface area contributed by atoms with Gasteiger partial charge in [-0.1, -0.05) is 24.6 Å². The number of nitrogens with zero attached hydrogens (tertiary/aromatic N) is 1. The third kappa shape index (κ3) is 4.23. The van der Waals surface area contributed by atoms with Crippen LogP contribution in [0.4, 0.5) is 11.4 Å². The summed E-state index contributed by atoms with van der Waals surface area (Å²) in [4.78, 5) is 26.1. The Morgan fingerprint density at radius 3 is 2.42 bits per heavy atom. The Morgan fingerprint density at radius 2 is 1.85 bits per heavy atom. The molecule has 0 unspecified atom stereocenters. The summed E-state index contributed by atoms with van der Waals surface area (Å²) in [5, 5.41) is 2.89. The number of carbonyl (C=O) groups is 2. The molecule has 136 valence electrons. The first-order chi connectivity index (χ1) is 12.6. The van der Waals surface area contributed by atoms with E-state index in [1.165, 1.54) is 0 Å². The van der Waals surface area contributed by atoms with Crippen molar-refractivity contribution in [2.24, 2.45) is 0 Å². The molecular formula is C21H24N2O3. The molecule has 1 N–H and O–H groups in total. The molecule has 1 fully saturated rings. The molecule has 1 atom stereocenters. The van der Waals surface area contributed by atoms with E-state index in [-0.39, 0.29) is 11.8 Å². The van der Waals surface area contributed by atoms with Crippen LogP contribution >= 0.6 is 0 Å². The van der Waals surface area contributed by atoms with Gasteiger partial charge < -0.3 is 15.0 Å². The highest BCUT2D eigenvalue weighted by Gasteiger charge is 2.22. The van der Waals surface area contributed by atoms with Crippen LogP contribution in [0.3, 0.4) is 0 Å². The molecule has 0 radical (unpaired) electrons. The molecule has 0 saturated carbocycles. The fraction of sp³-hybridized carbons (Fsp3) is 0.333. The number of carbonyl (C=O) groups excluding carboxylic acids is 2. The van der Waals surface area contributed by atoms with Crippen LogP contribution in [0.1, 0.15) is 31.7 Å². The maximum atomic E-state index is 12.5. The molecule has 2 aromatic carbocycles. The second-order valence-electron chi connectivity index (χ2n) is 6.51. The smallest absolute Gasteiger partial charge is 0.265 e. The summed E-state index contributed by atoms with van der Waals surface area (Å²) in [6.45, 7) is 4.68. The second-order valence-corrected chi connectivity index (χ2v) is 6.51. The van der Waals surface area contributed by atoms with Gasteiger partial charge in [-0.25, -0.2) is 0 Å². The summed E-state index contributed by atoms with van der Waals surface area (Å²) in [6, 6.07) is 15.0. The first-order valence-electron chi connectivity index (χ1n) is 9.01. The maximum absolute atomic E-state index is 12.5. The van der Waals surface area contributed by atoms with Gasteiger partial charge in [0.25, 0.3) is 5.91 Å². The van der Waals surface area contributed by atoms with E-state index < -0.39 is 6.10 Å². The molecule has 0 aromatic heterocycles. The summed E-state index contributed by atoms with van der Waals surface area (Å²) in [5.74, 6) is 0.651. The Labute approximate surface area is 154 Å². The predicted octanol–water partition coefficient (Wildman–Crippen LogP) is 3.92. The molecule has 1 saturated heterocycles.